The van der Waals surface area contributed by atoms with Gasteiger partial charge in [-0.05, 0) is 39.0 Å². The SMILES string of the molecule is CC(C)(C)OC(=O)Nc1ncc(CNS(=O)(=O)c2cccc(F)c2)s1. The van der Waals surface area contributed by atoms with Gasteiger partial charge in [-0.2, -0.15) is 0 Å². The number of carbonyl (C=O) groups is 1. The summed E-state index contributed by atoms with van der Waals surface area (Å²) >= 11 is 1.10. The second-order valence-corrected chi connectivity index (χ2v) is 8.92. The van der Waals surface area contributed by atoms with Gasteiger partial charge in [-0.3, -0.25) is 5.32 Å². The van der Waals surface area contributed by atoms with Gasteiger partial charge in [-0.15, -0.1) is 11.3 Å². The molecule has 0 atom stereocenters. The number of aromatic nitrogens is 1. The van der Waals surface area contributed by atoms with Crippen LogP contribution in [0, 0.1) is 5.82 Å². The maximum absolute atomic E-state index is 13.2. The number of nitrogens with zero attached hydrogens (tertiary/aromatic N) is 1. The molecule has 136 valence electrons. The zero-order valence-electron chi connectivity index (χ0n) is 13.9. The van der Waals surface area contributed by atoms with Crippen LogP contribution in [0.25, 0.3) is 0 Å². The Morgan fingerprint density at radius 1 is 1.36 bits per heavy atom. The van der Waals surface area contributed by atoms with E-state index in [1.165, 1.54) is 18.3 Å². The van der Waals surface area contributed by atoms with Gasteiger partial charge in [0.05, 0.1) is 4.90 Å². The molecule has 0 fully saturated rings. The summed E-state index contributed by atoms with van der Waals surface area (Å²) in [4.78, 5) is 16.1. The largest absolute Gasteiger partial charge is 0.444 e. The van der Waals surface area contributed by atoms with Crippen LogP contribution >= 0.6 is 11.3 Å². The zero-order valence-corrected chi connectivity index (χ0v) is 15.5. The van der Waals surface area contributed by atoms with Gasteiger partial charge in [-0.25, -0.2) is 27.3 Å². The fourth-order valence-electron chi connectivity index (χ4n) is 1.72. The Morgan fingerprint density at radius 2 is 2.08 bits per heavy atom. The molecule has 2 rings (SSSR count). The van der Waals surface area contributed by atoms with E-state index >= 15 is 0 Å². The number of carbonyl (C=O) groups excluding carboxylic acids is 1. The van der Waals surface area contributed by atoms with Crippen LogP contribution in [-0.2, 0) is 21.3 Å². The lowest BCUT2D eigenvalue weighted by Gasteiger charge is -2.18. The van der Waals surface area contributed by atoms with Gasteiger partial charge in [-0.1, -0.05) is 6.07 Å². The molecule has 2 N–H and O–H groups in total. The summed E-state index contributed by atoms with van der Waals surface area (Å²) in [5.74, 6) is -0.635. The highest BCUT2D eigenvalue weighted by Gasteiger charge is 2.18. The van der Waals surface area contributed by atoms with Crippen LogP contribution in [0.1, 0.15) is 25.6 Å². The van der Waals surface area contributed by atoms with E-state index in [-0.39, 0.29) is 16.6 Å². The Balaban J connectivity index is 1.96. The van der Waals surface area contributed by atoms with Gasteiger partial charge in [0.2, 0.25) is 10.0 Å². The fraction of sp³-hybridized carbons (Fsp3) is 0.333. The van der Waals surface area contributed by atoms with Crippen LogP contribution in [0.2, 0.25) is 0 Å². The molecule has 1 aromatic heterocycles. The highest BCUT2D eigenvalue weighted by molar-refractivity contribution is 7.89. The first kappa shape index (κ1) is 19.3. The molecule has 0 bridgehead atoms. The minimum Gasteiger partial charge on any atom is -0.444 e. The second kappa shape index (κ2) is 7.46. The Kier molecular flexibility index (Phi) is 5.76. The van der Waals surface area contributed by atoms with E-state index in [9.17, 15) is 17.6 Å². The monoisotopic (exact) mass is 387 g/mol. The minimum atomic E-state index is -3.84. The molecule has 1 heterocycles. The molecule has 0 aliphatic rings. The van der Waals surface area contributed by atoms with Crippen molar-refractivity contribution in [3.05, 3.63) is 41.2 Å². The van der Waals surface area contributed by atoms with Gasteiger partial charge in [0.15, 0.2) is 5.13 Å². The third-order valence-corrected chi connectivity index (χ3v) is 5.02. The van der Waals surface area contributed by atoms with Gasteiger partial charge in [0, 0.05) is 17.6 Å². The molecule has 0 spiro atoms. The number of hydrogen-bond acceptors (Lipinski definition) is 6. The number of nitrogens with one attached hydrogen (secondary N) is 2. The normalized spacial score (nSPS) is 12.0. The van der Waals surface area contributed by atoms with Crippen molar-refractivity contribution in [1.82, 2.24) is 9.71 Å². The maximum atomic E-state index is 13.2. The lowest BCUT2D eigenvalue weighted by molar-refractivity contribution is 0.0636. The van der Waals surface area contributed by atoms with Crippen LogP contribution in [0.5, 0.6) is 0 Å². The highest BCUT2D eigenvalue weighted by Crippen LogP contribution is 2.20. The Hall–Kier alpha value is -2.04. The minimum absolute atomic E-state index is 0.0352. The molecule has 0 aliphatic carbocycles. The summed E-state index contributed by atoms with van der Waals surface area (Å²) in [5.41, 5.74) is -0.634. The number of ether oxygens (including phenoxy) is 1. The van der Waals surface area contributed by atoms with Crippen LogP contribution in [-0.4, -0.2) is 25.1 Å². The molecule has 0 aliphatic heterocycles. The number of halogens is 1. The van der Waals surface area contributed by atoms with E-state index in [1.54, 1.807) is 20.8 Å². The molecular formula is C15H18FN3O4S2. The predicted octanol–water partition coefficient (Wildman–Crippen LogP) is 3.11. The van der Waals surface area contributed by atoms with Gasteiger partial charge in [0.1, 0.15) is 11.4 Å². The van der Waals surface area contributed by atoms with E-state index in [4.69, 9.17) is 4.74 Å². The number of sulfonamides is 1. The molecule has 1 aromatic carbocycles. The average molecular weight is 387 g/mol. The number of amides is 1. The van der Waals surface area contributed by atoms with E-state index in [0.717, 1.165) is 23.5 Å². The lowest BCUT2D eigenvalue weighted by Crippen LogP contribution is -2.27. The van der Waals surface area contributed by atoms with E-state index < -0.39 is 27.5 Å². The summed E-state index contributed by atoms with van der Waals surface area (Å²) < 4.78 is 44.8. The van der Waals surface area contributed by atoms with Gasteiger partial charge >= 0.3 is 6.09 Å². The second-order valence-electron chi connectivity index (χ2n) is 6.04. The van der Waals surface area contributed by atoms with Gasteiger partial charge in [0.25, 0.3) is 0 Å². The van der Waals surface area contributed by atoms with Crippen LogP contribution in [0.4, 0.5) is 14.3 Å². The number of rotatable bonds is 5. The molecule has 25 heavy (non-hydrogen) atoms. The lowest BCUT2D eigenvalue weighted by atomic mass is 10.2. The molecule has 7 nitrogen and oxygen atoms in total. The molecule has 0 unspecified atom stereocenters. The van der Waals surface area contributed by atoms with Crippen molar-refractivity contribution >= 4 is 32.6 Å². The van der Waals surface area contributed by atoms with E-state index in [2.05, 4.69) is 15.0 Å². The smallest absolute Gasteiger partial charge is 0.413 e. The van der Waals surface area contributed by atoms with Crippen molar-refractivity contribution < 1.29 is 22.3 Å². The fourth-order valence-corrected chi connectivity index (χ4v) is 3.59. The van der Waals surface area contributed by atoms with Crippen molar-refractivity contribution in [3.8, 4) is 0 Å². The Morgan fingerprint density at radius 3 is 2.72 bits per heavy atom. The first-order valence-corrected chi connectivity index (χ1v) is 9.55. The molecule has 0 saturated carbocycles. The number of thiazole rings is 1. The third-order valence-electron chi connectivity index (χ3n) is 2.70. The first-order chi connectivity index (χ1) is 11.5. The average Bonchev–Trinajstić information content (AvgIpc) is 2.90. The molecule has 0 radical (unpaired) electrons. The highest BCUT2D eigenvalue weighted by atomic mass is 32.2. The Labute approximate surface area is 149 Å². The van der Waals surface area contributed by atoms with Crippen molar-refractivity contribution in [3.63, 3.8) is 0 Å². The summed E-state index contributed by atoms with van der Waals surface area (Å²) in [6.07, 6.45) is 0.791. The van der Waals surface area contributed by atoms with Crippen LogP contribution in [0.3, 0.4) is 0 Å². The quantitative estimate of drug-likeness (QED) is 0.822. The molecule has 0 saturated heterocycles. The predicted molar refractivity (Wildman–Crippen MR) is 92.4 cm³/mol. The zero-order chi connectivity index (χ0) is 18.7. The van der Waals surface area contributed by atoms with Crippen molar-refractivity contribution in [1.29, 1.82) is 0 Å². The topological polar surface area (TPSA) is 97.4 Å². The summed E-state index contributed by atoms with van der Waals surface area (Å²) in [5, 5.41) is 2.76. The third kappa shape index (κ3) is 6.07. The number of hydrogen-bond donors (Lipinski definition) is 2. The summed E-state index contributed by atoms with van der Waals surface area (Å²) in [6.45, 7) is 5.18. The van der Waals surface area contributed by atoms with Crippen molar-refractivity contribution in [2.75, 3.05) is 5.32 Å². The van der Waals surface area contributed by atoms with Gasteiger partial charge < -0.3 is 4.74 Å². The Bertz CT molecular complexity index is 860. The van der Waals surface area contributed by atoms with Crippen molar-refractivity contribution in [2.24, 2.45) is 0 Å². The number of anilines is 1. The van der Waals surface area contributed by atoms with E-state index in [0.29, 0.717) is 4.88 Å². The first-order valence-electron chi connectivity index (χ1n) is 7.25. The van der Waals surface area contributed by atoms with E-state index in [1.807, 2.05) is 0 Å². The molecule has 1 amide bonds. The maximum Gasteiger partial charge on any atom is 0.413 e. The number of benzene rings is 1. The van der Waals surface area contributed by atoms with Crippen LogP contribution < -0.4 is 10.0 Å². The molecule has 10 heteroatoms. The molecular weight excluding hydrogens is 369 g/mol. The van der Waals surface area contributed by atoms with Crippen molar-refractivity contribution in [2.45, 2.75) is 37.8 Å². The molecule has 2 aromatic rings. The summed E-state index contributed by atoms with van der Waals surface area (Å²) in [6, 6.07) is 4.72. The summed E-state index contributed by atoms with van der Waals surface area (Å²) in [7, 11) is -3.84. The standard InChI is InChI=1S/C15H18FN3O4S2/c1-15(2,3)23-14(20)19-13-17-8-11(24-13)9-18-25(21,22)12-6-4-5-10(16)7-12/h4-8,18H,9H2,1-3H3,(H,17,19,20). The van der Waals surface area contributed by atoms with Crippen LogP contribution in [0.15, 0.2) is 35.4 Å².